The average molecular weight is 470 g/mol. The van der Waals surface area contributed by atoms with E-state index in [1.165, 1.54) is 37.5 Å². The van der Waals surface area contributed by atoms with Crippen molar-refractivity contribution in [1.29, 1.82) is 0 Å². The third-order valence-electron chi connectivity index (χ3n) is 6.87. The maximum atomic E-state index is 12.2. The van der Waals surface area contributed by atoms with Gasteiger partial charge in [0.1, 0.15) is 29.4 Å². The van der Waals surface area contributed by atoms with Crippen LogP contribution in [-0.4, -0.2) is 39.5 Å². The summed E-state index contributed by atoms with van der Waals surface area (Å²) >= 11 is 0. The summed E-state index contributed by atoms with van der Waals surface area (Å²) in [5.41, 5.74) is 7.44. The Morgan fingerprint density at radius 2 is 1.97 bits per heavy atom. The second-order valence-corrected chi connectivity index (χ2v) is 9.30. The molecule has 0 aliphatic carbocycles. The van der Waals surface area contributed by atoms with Gasteiger partial charge in [0.25, 0.3) is 5.56 Å². The number of aliphatic hydroxyl groups is 1. The number of aryl methyl sites for hydroxylation is 1. The lowest BCUT2D eigenvalue weighted by Crippen LogP contribution is -2.40. The molecule has 1 aromatic carbocycles. The summed E-state index contributed by atoms with van der Waals surface area (Å²) < 4.78 is 24.3. The molecular formula is C25H31N3O6. The fraction of sp³-hybridized carbons (Fsp3) is 0.520. The monoisotopic (exact) mass is 469 g/mol. The second-order valence-electron chi connectivity index (χ2n) is 9.30. The van der Waals surface area contributed by atoms with Gasteiger partial charge in [-0.1, -0.05) is 50.5 Å². The Kier molecular flexibility index (Phi) is 6.20. The van der Waals surface area contributed by atoms with Crippen molar-refractivity contribution in [2.24, 2.45) is 0 Å². The quantitative estimate of drug-likeness (QED) is 0.427. The van der Waals surface area contributed by atoms with Gasteiger partial charge in [-0.2, -0.15) is 0 Å². The van der Waals surface area contributed by atoms with Crippen LogP contribution in [0.25, 0.3) is 11.1 Å². The van der Waals surface area contributed by atoms with Gasteiger partial charge in [0.2, 0.25) is 11.5 Å². The molecule has 0 spiro atoms. The van der Waals surface area contributed by atoms with Crippen LogP contribution in [0, 0.1) is 0 Å². The molecule has 3 aromatic rings. The van der Waals surface area contributed by atoms with Gasteiger partial charge in [0.15, 0.2) is 6.29 Å². The summed E-state index contributed by atoms with van der Waals surface area (Å²) in [5.74, 6) is -0.0187. The number of nitrogens with zero attached hydrogens (tertiary/aromatic N) is 1. The summed E-state index contributed by atoms with van der Waals surface area (Å²) in [5, 5.41) is 9.98. The minimum Gasteiger partial charge on any atom is -0.456 e. The fourth-order valence-electron chi connectivity index (χ4n) is 5.06. The summed E-state index contributed by atoms with van der Waals surface area (Å²) in [6, 6.07) is 8.29. The molecule has 4 N–H and O–H groups in total. The van der Waals surface area contributed by atoms with Crippen molar-refractivity contribution in [2.45, 2.75) is 76.2 Å². The summed E-state index contributed by atoms with van der Waals surface area (Å²) in [6.07, 6.45) is 4.99. The van der Waals surface area contributed by atoms with Gasteiger partial charge >= 0.3 is 0 Å². The number of ether oxygens (including phenoxy) is 3. The first kappa shape index (κ1) is 23.0. The number of rotatable bonds is 8. The van der Waals surface area contributed by atoms with E-state index in [0.29, 0.717) is 11.1 Å². The van der Waals surface area contributed by atoms with Crippen LogP contribution >= 0.6 is 0 Å². The van der Waals surface area contributed by atoms with E-state index in [9.17, 15) is 9.90 Å². The largest absolute Gasteiger partial charge is 0.456 e. The maximum Gasteiger partial charge on any atom is 0.295 e. The van der Waals surface area contributed by atoms with Gasteiger partial charge in [0.05, 0.1) is 12.9 Å². The van der Waals surface area contributed by atoms with Crippen LogP contribution in [0.2, 0.25) is 0 Å². The van der Waals surface area contributed by atoms with Gasteiger partial charge in [-0.15, -0.1) is 0 Å². The summed E-state index contributed by atoms with van der Waals surface area (Å²) in [7, 11) is 0. The zero-order valence-corrected chi connectivity index (χ0v) is 19.5. The lowest BCUT2D eigenvalue weighted by molar-refractivity contribution is -0.157. The Bertz CT molecular complexity index is 1210. The summed E-state index contributed by atoms with van der Waals surface area (Å²) in [6.45, 7) is 3.86. The number of anilines is 1. The number of benzene rings is 1. The van der Waals surface area contributed by atoms with E-state index in [0.717, 1.165) is 12.0 Å². The van der Waals surface area contributed by atoms with E-state index in [-0.39, 0.29) is 18.1 Å². The topological polar surface area (TPSA) is 133 Å². The normalized spacial score (nSPS) is 28.6. The van der Waals surface area contributed by atoms with Crippen molar-refractivity contribution in [2.75, 3.05) is 12.3 Å². The molecule has 2 aliphatic heterocycles. The van der Waals surface area contributed by atoms with Crippen molar-refractivity contribution in [3.05, 3.63) is 57.6 Å². The molecule has 4 heterocycles. The predicted octanol–water partition coefficient (Wildman–Crippen LogP) is 3.53. The van der Waals surface area contributed by atoms with Crippen LogP contribution in [0.15, 0.2) is 39.7 Å². The number of unbranched alkanes of at least 4 members (excludes halogenated alkanes) is 3. The SMILES string of the molecule is CCCCCCc1ccc(C2O[C@@H]3[C@@H](CO)O[C@@H](c4coc5c(=O)[nH]c(N)nc45)[C@]3(C)O2)cc1. The van der Waals surface area contributed by atoms with Gasteiger partial charge < -0.3 is 29.5 Å². The second kappa shape index (κ2) is 9.14. The lowest BCUT2D eigenvalue weighted by atomic mass is 9.89. The van der Waals surface area contributed by atoms with E-state index < -0.39 is 35.8 Å². The molecule has 9 heteroatoms. The van der Waals surface area contributed by atoms with Crippen LogP contribution < -0.4 is 11.3 Å². The molecule has 0 amide bonds. The minimum absolute atomic E-state index is 0.0187. The summed E-state index contributed by atoms with van der Waals surface area (Å²) in [4.78, 5) is 18.9. The van der Waals surface area contributed by atoms with Crippen LogP contribution in [0.3, 0.4) is 0 Å². The molecule has 0 saturated carbocycles. The fourth-order valence-corrected chi connectivity index (χ4v) is 5.06. The highest BCUT2D eigenvalue weighted by atomic mass is 16.8. The van der Waals surface area contributed by atoms with E-state index in [1.807, 2.05) is 19.1 Å². The van der Waals surface area contributed by atoms with Crippen molar-refractivity contribution in [1.82, 2.24) is 9.97 Å². The number of hydrogen-bond donors (Lipinski definition) is 3. The molecule has 2 fully saturated rings. The van der Waals surface area contributed by atoms with Crippen LogP contribution in [-0.2, 0) is 20.6 Å². The highest BCUT2D eigenvalue weighted by Crippen LogP contribution is 2.54. The predicted molar refractivity (Wildman–Crippen MR) is 125 cm³/mol. The highest BCUT2D eigenvalue weighted by molar-refractivity contribution is 5.77. The first-order valence-corrected chi connectivity index (χ1v) is 11.9. The van der Waals surface area contributed by atoms with E-state index in [1.54, 1.807) is 0 Å². The van der Waals surface area contributed by atoms with Crippen molar-refractivity contribution >= 4 is 17.0 Å². The standard InChI is InChI=1S/C25H31N3O6/c1-3-4-5-6-7-14-8-10-15(11-9-14)23-33-21-17(12-29)32-20(25(21,2)34-23)16-13-31-19-18(16)27-24(26)28-22(19)30/h8-11,13,17,20-21,23,29H,3-7,12H2,1-2H3,(H3,26,27,28,30)/t17-,20+,21-,23?,25+/m1/s1. The number of nitrogens with one attached hydrogen (secondary N) is 1. The number of aliphatic hydroxyl groups excluding tert-OH is 1. The molecule has 9 nitrogen and oxygen atoms in total. The number of furan rings is 1. The van der Waals surface area contributed by atoms with Crippen LogP contribution in [0.1, 0.15) is 68.6 Å². The number of fused-ring (bicyclic) bond motifs is 2. The smallest absolute Gasteiger partial charge is 0.295 e. The molecule has 2 aromatic heterocycles. The Balaban J connectivity index is 1.39. The molecule has 5 rings (SSSR count). The van der Waals surface area contributed by atoms with Gasteiger partial charge in [-0.3, -0.25) is 9.78 Å². The molecule has 1 unspecified atom stereocenters. The lowest BCUT2D eigenvalue weighted by Gasteiger charge is -2.27. The van der Waals surface area contributed by atoms with E-state index >= 15 is 0 Å². The number of hydrogen-bond acceptors (Lipinski definition) is 8. The third-order valence-corrected chi connectivity index (χ3v) is 6.87. The first-order chi connectivity index (χ1) is 16.4. The number of H-pyrrole nitrogens is 1. The number of aromatic amines is 1. The highest BCUT2D eigenvalue weighted by Gasteiger charge is 2.62. The molecule has 182 valence electrons. The molecular weight excluding hydrogens is 438 g/mol. The number of aromatic nitrogens is 2. The van der Waals surface area contributed by atoms with Crippen molar-refractivity contribution < 1.29 is 23.7 Å². The Morgan fingerprint density at radius 3 is 2.71 bits per heavy atom. The molecule has 34 heavy (non-hydrogen) atoms. The van der Waals surface area contributed by atoms with Gasteiger partial charge in [-0.25, -0.2) is 4.98 Å². The first-order valence-electron chi connectivity index (χ1n) is 11.9. The third kappa shape index (κ3) is 3.92. The zero-order chi connectivity index (χ0) is 23.9. The Morgan fingerprint density at radius 1 is 1.18 bits per heavy atom. The molecule has 0 bridgehead atoms. The van der Waals surface area contributed by atoms with Gasteiger partial charge in [-0.05, 0) is 25.3 Å². The molecule has 2 aliphatic rings. The van der Waals surface area contributed by atoms with E-state index in [2.05, 4.69) is 29.0 Å². The Labute approximate surface area is 197 Å². The number of nitrogen functional groups attached to an aromatic ring is 1. The van der Waals surface area contributed by atoms with Crippen LogP contribution in [0.4, 0.5) is 5.95 Å². The average Bonchev–Trinajstić information content (AvgIpc) is 3.47. The molecule has 2 saturated heterocycles. The molecule has 5 atom stereocenters. The van der Waals surface area contributed by atoms with E-state index in [4.69, 9.17) is 24.4 Å². The molecule has 0 radical (unpaired) electrons. The maximum absolute atomic E-state index is 12.2. The van der Waals surface area contributed by atoms with Gasteiger partial charge in [0, 0.05) is 11.1 Å². The Hall–Kier alpha value is -2.72. The van der Waals surface area contributed by atoms with Crippen LogP contribution in [0.5, 0.6) is 0 Å². The van der Waals surface area contributed by atoms with Crippen molar-refractivity contribution in [3.8, 4) is 0 Å². The zero-order valence-electron chi connectivity index (χ0n) is 19.5. The number of nitrogens with two attached hydrogens (primary N) is 1. The minimum atomic E-state index is -0.938. The van der Waals surface area contributed by atoms with Crippen molar-refractivity contribution in [3.63, 3.8) is 0 Å².